The molecule has 94 valence electrons. The van der Waals surface area contributed by atoms with Crippen molar-refractivity contribution in [2.45, 2.75) is 20.0 Å². The van der Waals surface area contributed by atoms with E-state index < -0.39 is 0 Å². The summed E-state index contributed by atoms with van der Waals surface area (Å²) in [5.74, 6) is 0.761. The molecule has 0 saturated carbocycles. The Kier molecular flexibility index (Phi) is 3.89. The van der Waals surface area contributed by atoms with E-state index >= 15 is 0 Å². The Bertz CT molecular complexity index is 446. The Labute approximate surface area is 107 Å². The summed E-state index contributed by atoms with van der Waals surface area (Å²) in [4.78, 5) is 10.4. The molecule has 0 unspecified atom stereocenters. The monoisotopic (exact) mass is 243 g/mol. The summed E-state index contributed by atoms with van der Waals surface area (Å²) in [7, 11) is 1.95. The maximum absolute atomic E-state index is 8.93. The van der Waals surface area contributed by atoms with Gasteiger partial charge in [0.05, 0.1) is 24.7 Å². The van der Waals surface area contributed by atoms with E-state index in [2.05, 4.69) is 41.2 Å². The molecule has 0 saturated heterocycles. The maximum atomic E-state index is 8.93. The van der Waals surface area contributed by atoms with Gasteiger partial charge in [0.15, 0.2) is 5.82 Å². The van der Waals surface area contributed by atoms with Crippen molar-refractivity contribution >= 4 is 11.5 Å². The van der Waals surface area contributed by atoms with Crippen molar-refractivity contribution in [3.05, 3.63) is 47.9 Å². The van der Waals surface area contributed by atoms with Crippen LogP contribution >= 0.6 is 0 Å². The van der Waals surface area contributed by atoms with Crippen molar-refractivity contribution in [2.24, 2.45) is 0 Å². The molecule has 2 aromatic rings. The highest BCUT2D eigenvalue weighted by Crippen LogP contribution is 2.21. The molecule has 0 amide bonds. The number of nitrogens with zero attached hydrogens (tertiary/aromatic N) is 3. The first-order valence-corrected chi connectivity index (χ1v) is 5.99. The van der Waals surface area contributed by atoms with Crippen molar-refractivity contribution < 1.29 is 5.11 Å². The van der Waals surface area contributed by atoms with E-state index in [4.69, 9.17) is 5.11 Å². The molecule has 4 heteroatoms. The third kappa shape index (κ3) is 2.65. The van der Waals surface area contributed by atoms with Crippen LogP contribution in [0.25, 0.3) is 0 Å². The summed E-state index contributed by atoms with van der Waals surface area (Å²) in [5.41, 5.74) is 2.96. The van der Waals surface area contributed by atoms with Gasteiger partial charge in [-0.15, -0.1) is 0 Å². The average molecular weight is 243 g/mol. The van der Waals surface area contributed by atoms with E-state index in [0.717, 1.165) is 17.9 Å². The smallest absolute Gasteiger partial charge is 0.151 e. The van der Waals surface area contributed by atoms with E-state index in [1.165, 1.54) is 5.56 Å². The van der Waals surface area contributed by atoms with Crippen LogP contribution in [0.5, 0.6) is 0 Å². The molecule has 0 aliphatic heterocycles. The van der Waals surface area contributed by atoms with Crippen LogP contribution in [0.4, 0.5) is 11.5 Å². The van der Waals surface area contributed by atoms with E-state index in [1.807, 2.05) is 11.9 Å². The van der Waals surface area contributed by atoms with Crippen LogP contribution in [0.2, 0.25) is 0 Å². The van der Waals surface area contributed by atoms with Gasteiger partial charge in [-0.1, -0.05) is 19.1 Å². The number of hydrogen-bond acceptors (Lipinski definition) is 4. The molecule has 0 spiro atoms. The van der Waals surface area contributed by atoms with Crippen molar-refractivity contribution in [1.82, 2.24) is 9.97 Å². The minimum atomic E-state index is -0.0812. The molecule has 2 rings (SSSR count). The largest absolute Gasteiger partial charge is 0.390 e. The summed E-state index contributed by atoms with van der Waals surface area (Å²) in [6, 6.07) is 8.36. The Morgan fingerprint density at radius 1 is 1.11 bits per heavy atom. The van der Waals surface area contributed by atoms with Crippen LogP contribution in [0.15, 0.2) is 36.7 Å². The molecule has 0 bridgehead atoms. The highest BCUT2D eigenvalue weighted by Gasteiger charge is 2.05. The zero-order valence-corrected chi connectivity index (χ0v) is 10.7. The Morgan fingerprint density at radius 2 is 1.83 bits per heavy atom. The lowest BCUT2D eigenvalue weighted by atomic mass is 10.1. The maximum Gasteiger partial charge on any atom is 0.151 e. The number of rotatable bonds is 4. The number of aliphatic hydroxyl groups excluding tert-OH is 1. The van der Waals surface area contributed by atoms with Crippen LogP contribution in [0, 0.1) is 0 Å². The second-order valence-corrected chi connectivity index (χ2v) is 4.10. The Morgan fingerprint density at radius 3 is 2.33 bits per heavy atom. The standard InChI is InChI=1S/C14H17N3O/c1-3-11-4-6-13(7-5-11)17(2)14-9-15-12(10-18)8-16-14/h4-9,18H,3,10H2,1-2H3. The lowest BCUT2D eigenvalue weighted by Gasteiger charge is -2.18. The summed E-state index contributed by atoms with van der Waals surface area (Å²) in [6.45, 7) is 2.06. The number of anilines is 2. The molecular formula is C14H17N3O. The van der Waals surface area contributed by atoms with Crippen LogP contribution in [-0.2, 0) is 13.0 Å². The molecule has 0 fully saturated rings. The van der Waals surface area contributed by atoms with Gasteiger partial charge < -0.3 is 10.0 Å². The van der Waals surface area contributed by atoms with E-state index in [9.17, 15) is 0 Å². The predicted octanol–water partition coefficient (Wildman–Crippen LogP) is 2.30. The first kappa shape index (κ1) is 12.5. The van der Waals surface area contributed by atoms with Crippen LogP contribution in [0.1, 0.15) is 18.2 Å². The van der Waals surface area contributed by atoms with Crippen LogP contribution in [-0.4, -0.2) is 22.1 Å². The highest BCUT2D eigenvalue weighted by atomic mass is 16.3. The molecule has 1 aromatic heterocycles. The fraction of sp³-hybridized carbons (Fsp3) is 0.286. The highest BCUT2D eigenvalue weighted by molar-refractivity contribution is 5.58. The van der Waals surface area contributed by atoms with E-state index in [0.29, 0.717) is 5.69 Å². The second-order valence-electron chi connectivity index (χ2n) is 4.10. The average Bonchev–Trinajstić information content (AvgIpc) is 2.47. The van der Waals surface area contributed by atoms with Crippen molar-refractivity contribution in [3.8, 4) is 0 Å². The number of aliphatic hydroxyl groups is 1. The van der Waals surface area contributed by atoms with Gasteiger partial charge in [0.2, 0.25) is 0 Å². The van der Waals surface area contributed by atoms with Crippen LogP contribution < -0.4 is 4.90 Å². The quantitative estimate of drug-likeness (QED) is 0.895. The summed E-state index contributed by atoms with van der Waals surface area (Å²) in [5, 5.41) is 8.93. The lowest BCUT2D eigenvalue weighted by molar-refractivity contribution is 0.276. The molecule has 0 aliphatic rings. The van der Waals surface area contributed by atoms with Crippen molar-refractivity contribution in [3.63, 3.8) is 0 Å². The van der Waals surface area contributed by atoms with Gasteiger partial charge in [0.25, 0.3) is 0 Å². The number of aryl methyl sites for hydroxylation is 1. The third-order valence-electron chi connectivity index (χ3n) is 2.93. The molecular weight excluding hydrogens is 226 g/mol. The lowest BCUT2D eigenvalue weighted by Crippen LogP contribution is -2.11. The molecule has 0 atom stereocenters. The summed E-state index contributed by atoms with van der Waals surface area (Å²) >= 11 is 0. The van der Waals surface area contributed by atoms with E-state index in [1.54, 1.807) is 12.4 Å². The van der Waals surface area contributed by atoms with Gasteiger partial charge in [0, 0.05) is 12.7 Å². The number of benzene rings is 1. The third-order valence-corrected chi connectivity index (χ3v) is 2.93. The second kappa shape index (κ2) is 5.60. The molecule has 0 radical (unpaired) electrons. The van der Waals surface area contributed by atoms with Gasteiger partial charge in [-0.3, -0.25) is 4.98 Å². The molecule has 18 heavy (non-hydrogen) atoms. The van der Waals surface area contributed by atoms with E-state index in [-0.39, 0.29) is 6.61 Å². The zero-order chi connectivity index (χ0) is 13.0. The summed E-state index contributed by atoms with van der Waals surface area (Å²) in [6.07, 6.45) is 4.29. The fourth-order valence-electron chi connectivity index (χ4n) is 1.69. The van der Waals surface area contributed by atoms with Gasteiger partial charge in [-0.25, -0.2) is 4.98 Å². The minimum absolute atomic E-state index is 0.0812. The van der Waals surface area contributed by atoms with Crippen molar-refractivity contribution in [1.29, 1.82) is 0 Å². The predicted molar refractivity (Wildman–Crippen MR) is 71.8 cm³/mol. The first-order valence-electron chi connectivity index (χ1n) is 5.99. The van der Waals surface area contributed by atoms with Gasteiger partial charge >= 0.3 is 0 Å². The number of aromatic nitrogens is 2. The molecule has 0 aliphatic carbocycles. The van der Waals surface area contributed by atoms with Crippen molar-refractivity contribution in [2.75, 3.05) is 11.9 Å². The van der Waals surface area contributed by atoms with Crippen LogP contribution in [0.3, 0.4) is 0 Å². The SMILES string of the molecule is CCc1ccc(N(C)c2cnc(CO)cn2)cc1. The molecule has 1 aromatic carbocycles. The number of hydrogen-bond donors (Lipinski definition) is 1. The topological polar surface area (TPSA) is 49.2 Å². The molecule has 1 N–H and O–H groups in total. The minimum Gasteiger partial charge on any atom is -0.390 e. The van der Waals surface area contributed by atoms with Gasteiger partial charge in [-0.05, 0) is 24.1 Å². The molecule has 1 heterocycles. The normalized spacial score (nSPS) is 10.4. The fourth-order valence-corrected chi connectivity index (χ4v) is 1.69. The Balaban J connectivity index is 2.20. The first-order chi connectivity index (χ1) is 8.74. The zero-order valence-electron chi connectivity index (χ0n) is 10.7. The molecule has 4 nitrogen and oxygen atoms in total. The van der Waals surface area contributed by atoms with Gasteiger partial charge in [0.1, 0.15) is 0 Å². The summed E-state index contributed by atoms with van der Waals surface area (Å²) < 4.78 is 0. The van der Waals surface area contributed by atoms with Gasteiger partial charge in [-0.2, -0.15) is 0 Å². The Hall–Kier alpha value is -1.94.